The van der Waals surface area contributed by atoms with Gasteiger partial charge in [0.05, 0.1) is 11.9 Å². The van der Waals surface area contributed by atoms with Crippen LogP contribution in [0.1, 0.15) is 27.9 Å². The van der Waals surface area contributed by atoms with Crippen LogP contribution < -0.4 is 0 Å². The molecule has 20 heavy (non-hydrogen) atoms. The standard InChI is InChI=1S/C18H20N2/c1-11-6-15(5)20-17(10-19-18(20)7-11)16-9-13(3)12(2)8-14(16)4/h6-10H,1-5H3. The van der Waals surface area contributed by atoms with Crippen LogP contribution in [-0.2, 0) is 0 Å². The Morgan fingerprint density at radius 2 is 1.50 bits per heavy atom. The van der Waals surface area contributed by atoms with Crippen LogP contribution in [0.25, 0.3) is 16.9 Å². The van der Waals surface area contributed by atoms with Crippen molar-refractivity contribution in [3.63, 3.8) is 0 Å². The molecule has 0 radical (unpaired) electrons. The van der Waals surface area contributed by atoms with E-state index in [-0.39, 0.29) is 0 Å². The van der Waals surface area contributed by atoms with Crippen LogP contribution in [-0.4, -0.2) is 9.38 Å². The van der Waals surface area contributed by atoms with Gasteiger partial charge in [-0.15, -0.1) is 0 Å². The molecule has 0 N–H and O–H groups in total. The Morgan fingerprint density at radius 3 is 2.25 bits per heavy atom. The first-order valence-corrected chi connectivity index (χ1v) is 7.00. The number of hydrogen-bond acceptors (Lipinski definition) is 1. The quantitative estimate of drug-likeness (QED) is 0.630. The number of aryl methyl sites for hydroxylation is 5. The first-order valence-electron chi connectivity index (χ1n) is 7.00. The van der Waals surface area contributed by atoms with Gasteiger partial charge in [-0.1, -0.05) is 6.07 Å². The zero-order valence-electron chi connectivity index (χ0n) is 12.8. The SMILES string of the molecule is Cc1cc(C)n2c(-c3cc(C)c(C)cc3C)cnc2c1. The molecule has 0 saturated carbocycles. The van der Waals surface area contributed by atoms with E-state index in [0.29, 0.717) is 0 Å². The predicted molar refractivity (Wildman–Crippen MR) is 84.3 cm³/mol. The molecule has 0 unspecified atom stereocenters. The second-order valence-corrected chi connectivity index (χ2v) is 5.76. The second-order valence-electron chi connectivity index (χ2n) is 5.76. The first-order chi connectivity index (χ1) is 9.47. The molecule has 2 aromatic heterocycles. The van der Waals surface area contributed by atoms with Gasteiger partial charge in [0.25, 0.3) is 0 Å². The average Bonchev–Trinajstić information content (AvgIpc) is 2.77. The van der Waals surface area contributed by atoms with Gasteiger partial charge in [-0.05, 0) is 75.1 Å². The van der Waals surface area contributed by atoms with Crippen molar-refractivity contribution in [3.05, 3.63) is 58.4 Å². The topological polar surface area (TPSA) is 17.3 Å². The summed E-state index contributed by atoms with van der Waals surface area (Å²) >= 11 is 0. The van der Waals surface area contributed by atoms with Crippen LogP contribution >= 0.6 is 0 Å². The minimum absolute atomic E-state index is 1.02. The number of pyridine rings is 1. The molecule has 2 heterocycles. The van der Waals surface area contributed by atoms with E-state index in [0.717, 1.165) is 5.65 Å². The summed E-state index contributed by atoms with van der Waals surface area (Å²) in [4.78, 5) is 4.57. The Hall–Kier alpha value is -2.09. The smallest absolute Gasteiger partial charge is 0.137 e. The predicted octanol–water partition coefficient (Wildman–Crippen LogP) is 4.54. The minimum atomic E-state index is 1.02. The number of nitrogens with zero attached hydrogens (tertiary/aromatic N) is 2. The second kappa shape index (κ2) is 4.48. The van der Waals surface area contributed by atoms with Gasteiger partial charge in [-0.25, -0.2) is 4.98 Å². The lowest BCUT2D eigenvalue weighted by atomic mass is 9.99. The molecule has 0 spiro atoms. The van der Waals surface area contributed by atoms with Gasteiger partial charge in [0.1, 0.15) is 5.65 Å². The molecule has 0 bridgehead atoms. The third-order valence-electron chi connectivity index (χ3n) is 4.05. The molecule has 3 rings (SSSR count). The van der Waals surface area contributed by atoms with E-state index >= 15 is 0 Å². The lowest BCUT2D eigenvalue weighted by molar-refractivity contribution is 1.08. The van der Waals surface area contributed by atoms with Crippen molar-refractivity contribution < 1.29 is 0 Å². The highest BCUT2D eigenvalue weighted by molar-refractivity contribution is 5.69. The maximum absolute atomic E-state index is 4.57. The van der Waals surface area contributed by atoms with Crippen molar-refractivity contribution in [2.45, 2.75) is 34.6 Å². The van der Waals surface area contributed by atoms with Crippen molar-refractivity contribution >= 4 is 5.65 Å². The lowest BCUT2D eigenvalue weighted by Crippen LogP contribution is -1.97. The van der Waals surface area contributed by atoms with Crippen LogP contribution in [0.2, 0.25) is 0 Å². The molecule has 0 saturated heterocycles. The summed E-state index contributed by atoms with van der Waals surface area (Å²) in [6.45, 7) is 10.8. The number of benzene rings is 1. The van der Waals surface area contributed by atoms with E-state index in [1.165, 1.54) is 39.2 Å². The highest BCUT2D eigenvalue weighted by Gasteiger charge is 2.11. The van der Waals surface area contributed by atoms with Crippen LogP contribution in [0, 0.1) is 34.6 Å². The molecular weight excluding hydrogens is 244 g/mol. The largest absolute Gasteiger partial charge is 0.297 e. The zero-order valence-corrected chi connectivity index (χ0v) is 12.8. The third-order valence-corrected chi connectivity index (χ3v) is 4.05. The molecule has 0 amide bonds. The molecule has 2 nitrogen and oxygen atoms in total. The molecule has 0 aliphatic heterocycles. The molecule has 3 aromatic rings. The van der Waals surface area contributed by atoms with Crippen molar-refractivity contribution in [1.29, 1.82) is 0 Å². The molecule has 102 valence electrons. The summed E-state index contributed by atoms with van der Waals surface area (Å²) in [6, 6.07) is 8.86. The maximum Gasteiger partial charge on any atom is 0.137 e. The van der Waals surface area contributed by atoms with E-state index in [2.05, 4.69) is 68.3 Å². The van der Waals surface area contributed by atoms with Gasteiger partial charge in [-0.3, -0.25) is 4.40 Å². The van der Waals surface area contributed by atoms with Gasteiger partial charge < -0.3 is 0 Å². The Labute approximate surface area is 120 Å². The first kappa shape index (κ1) is 12.9. The lowest BCUT2D eigenvalue weighted by Gasteiger charge is -2.11. The molecule has 2 heteroatoms. The third kappa shape index (κ3) is 1.92. The van der Waals surface area contributed by atoms with Crippen molar-refractivity contribution in [3.8, 4) is 11.3 Å². The minimum Gasteiger partial charge on any atom is -0.297 e. The van der Waals surface area contributed by atoms with E-state index < -0.39 is 0 Å². The van der Waals surface area contributed by atoms with Crippen LogP contribution in [0.15, 0.2) is 30.5 Å². The number of fused-ring (bicyclic) bond motifs is 1. The summed E-state index contributed by atoms with van der Waals surface area (Å²) < 4.78 is 2.24. The highest BCUT2D eigenvalue weighted by Crippen LogP contribution is 2.28. The Balaban J connectivity index is 2.33. The Kier molecular flexibility index (Phi) is 2.89. The molecule has 0 fully saturated rings. The van der Waals surface area contributed by atoms with Crippen LogP contribution in [0.4, 0.5) is 0 Å². The van der Waals surface area contributed by atoms with Crippen LogP contribution in [0.3, 0.4) is 0 Å². The van der Waals surface area contributed by atoms with Gasteiger partial charge in [0.15, 0.2) is 0 Å². The zero-order chi connectivity index (χ0) is 14.4. The molecule has 0 atom stereocenters. The van der Waals surface area contributed by atoms with Crippen molar-refractivity contribution in [2.75, 3.05) is 0 Å². The van der Waals surface area contributed by atoms with E-state index in [1.807, 2.05) is 6.20 Å². The van der Waals surface area contributed by atoms with Gasteiger partial charge >= 0.3 is 0 Å². The summed E-state index contributed by atoms with van der Waals surface area (Å²) in [5, 5.41) is 0. The fraction of sp³-hybridized carbons (Fsp3) is 0.278. The molecule has 0 aliphatic rings. The summed E-state index contributed by atoms with van der Waals surface area (Å²) in [7, 11) is 0. The molecule has 0 aliphatic carbocycles. The van der Waals surface area contributed by atoms with E-state index in [1.54, 1.807) is 0 Å². The van der Waals surface area contributed by atoms with E-state index in [4.69, 9.17) is 0 Å². The number of imidazole rings is 1. The molecular formula is C18H20N2. The fourth-order valence-corrected chi connectivity index (χ4v) is 2.90. The van der Waals surface area contributed by atoms with Crippen LogP contribution in [0.5, 0.6) is 0 Å². The monoisotopic (exact) mass is 264 g/mol. The van der Waals surface area contributed by atoms with Gasteiger partial charge in [-0.2, -0.15) is 0 Å². The highest BCUT2D eigenvalue weighted by atomic mass is 15.0. The number of rotatable bonds is 1. The Morgan fingerprint density at radius 1 is 0.800 bits per heavy atom. The van der Waals surface area contributed by atoms with Gasteiger partial charge in [0.2, 0.25) is 0 Å². The van der Waals surface area contributed by atoms with Crippen molar-refractivity contribution in [2.24, 2.45) is 0 Å². The normalized spacial score (nSPS) is 11.2. The number of aromatic nitrogens is 2. The number of hydrogen-bond donors (Lipinski definition) is 0. The fourth-order valence-electron chi connectivity index (χ4n) is 2.90. The van der Waals surface area contributed by atoms with E-state index in [9.17, 15) is 0 Å². The summed E-state index contributed by atoms with van der Waals surface area (Å²) in [5.74, 6) is 0. The molecule has 1 aromatic carbocycles. The van der Waals surface area contributed by atoms with Gasteiger partial charge in [0, 0.05) is 11.3 Å². The maximum atomic E-state index is 4.57. The van der Waals surface area contributed by atoms with Crippen molar-refractivity contribution in [1.82, 2.24) is 9.38 Å². The summed E-state index contributed by atoms with van der Waals surface area (Å²) in [6.07, 6.45) is 1.98. The Bertz CT molecular complexity index is 810. The average molecular weight is 264 g/mol. The summed E-state index contributed by atoms with van der Waals surface area (Å²) in [5.41, 5.74) is 9.92.